The van der Waals surface area contributed by atoms with Gasteiger partial charge in [-0.15, -0.1) is 0 Å². The molecule has 0 aromatic heterocycles. The van der Waals surface area contributed by atoms with E-state index < -0.39 is 28.0 Å². The lowest BCUT2D eigenvalue weighted by molar-refractivity contribution is -0.122. The summed E-state index contributed by atoms with van der Waals surface area (Å²) in [6.45, 7) is 4.37. The number of amides is 1. The molecule has 3 N–H and O–H groups in total. The van der Waals surface area contributed by atoms with Gasteiger partial charge in [0.25, 0.3) is 10.1 Å². The molecule has 6 nitrogen and oxygen atoms in total. The zero-order valence-corrected chi connectivity index (χ0v) is 32.6. The van der Waals surface area contributed by atoms with Crippen LogP contribution in [0.15, 0.2) is 85.1 Å². The summed E-state index contributed by atoms with van der Waals surface area (Å²) in [5.74, 6) is -1.03. The average Bonchev–Trinajstić information content (AvgIpc) is 3.08. The normalized spacial score (nSPS) is 14.2. The number of nitrogens with one attached hydrogen (secondary N) is 1. The molecule has 7 heteroatoms. The third-order valence-corrected chi connectivity index (χ3v) is 9.09. The van der Waals surface area contributed by atoms with E-state index in [9.17, 15) is 22.9 Å². The molecule has 0 aliphatic carbocycles. The van der Waals surface area contributed by atoms with Gasteiger partial charge in [-0.05, 0) is 77.0 Å². The van der Waals surface area contributed by atoms with Crippen LogP contribution in [0, 0.1) is 0 Å². The largest absolute Gasteiger partial charge is 0.387 e. The van der Waals surface area contributed by atoms with Gasteiger partial charge in [-0.1, -0.05) is 163 Å². The molecule has 2 unspecified atom stereocenters. The van der Waals surface area contributed by atoms with Crippen LogP contribution in [-0.2, 0) is 14.9 Å². The van der Waals surface area contributed by atoms with E-state index >= 15 is 0 Å². The van der Waals surface area contributed by atoms with Crippen LogP contribution in [0.4, 0.5) is 0 Å². The van der Waals surface area contributed by atoms with E-state index in [-0.39, 0.29) is 12.3 Å². The summed E-state index contributed by atoms with van der Waals surface area (Å²) in [6.07, 6.45) is 52.8. The van der Waals surface area contributed by atoms with Crippen LogP contribution in [0.5, 0.6) is 0 Å². The highest BCUT2D eigenvalue weighted by Crippen LogP contribution is 2.11. The lowest BCUT2D eigenvalue weighted by Gasteiger charge is -2.21. The van der Waals surface area contributed by atoms with Crippen molar-refractivity contribution in [1.29, 1.82) is 0 Å². The summed E-state index contributed by atoms with van der Waals surface area (Å²) in [5.41, 5.74) is 0. The van der Waals surface area contributed by atoms with Gasteiger partial charge in [-0.3, -0.25) is 9.35 Å². The third-order valence-electron chi connectivity index (χ3n) is 8.31. The topological polar surface area (TPSA) is 104 Å². The molecule has 50 heavy (non-hydrogen) atoms. The molecule has 0 aliphatic rings. The summed E-state index contributed by atoms with van der Waals surface area (Å²) >= 11 is 0. The maximum Gasteiger partial charge on any atom is 0.267 e. The number of carbonyl (C=O) groups is 1. The first-order valence-electron chi connectivity index (χ1n) is 19.8. The standard InChI is InChI=1S/C43H73NO5S/c1-3-5-7-9-11-13-15-17-18-19-20-21-22-23-24-25-26-27-29-31-33-35-37-39-43(46)44-41(40-50(47,48)49)42(45)38-36-34-32-30-28-16-14-12-10-8-6-4-2/h5,7,11,13,17-18,20-21,23-24,28,30,36,38,41-42,45H,3-4,6,8-10,12,14-16,19,22,25-27,29,31-35,37,39-40H2,1-2H3,(H,44,46)(H,47,48,49)/b7-5-,13-11-,18-17-,21-20-,24-23-,30-28+,38-36+. The number of hydrogen-bond donors (Lipinski definition) is 3. The number of hydrogen-bond acceptors (Lipinski definition) is 4. The summed E-state index contributed by atoms with van der Waals surface area (Å²) in [6, 6.07) is -1.08. The van der Waals surface area contributed by atoms with Crippen LogP contribution in [0.2, 0.25) is 0 Å². The zero-order chi connectivity index (χ0) is 36.8. The average molecular weight is 716 g/mol. The maximum absolute atomic E-state index is 12.5. The third kappa shape index (κ3) is 36.8. The summed E-state index contributed by atoms with van der Waals surface area (Å²) < 4.78 is 32.4. The summed E-state index contributed by atoms with van der Waals surface area (Å²) in [4.78, 5) is 12.5. The monoisotopic (exact) mass is 716 g/mol. The van der Waals surface area contributed by atoms with Gasteiger partial charge in [0.15, 0.2) is 0 Å². The van der Waals surface area contributed by atoms with E-state index in [0.29, 0.717) is 12.8 Å². The molecule has 0 bridgehead atoms. The second-order valence-corrected chi connectivity index (χ2v) is 14.7. The molecule has 0 radical (unpaired) electrons. The predicted octanol–water partition coefficient (Wildman–Crippen LogP) is 11.6. The first kappa shape index (κ1) is 47.5. The van der Waals surface area contributed by atoms with E-state index in [4.69, 9.17) is 0 Å². The fraction of sp³-hybridized carbons (Fsp3) is 0.651. The van der Waals surface area contributed by atoms with Crippen molar-refractivity contribution in [3.05, 3.63) is 85.1 Å². The minimum absolute atomic E-state index is 0.270. The number of rotatable bonds is 34. The highest BCUT2D eigenvalue weighted by molar-refractivity contribution is 7.85. The first-order chi connectivity index (χ1) is 24.3. The molecule has 0 heterocycles. The van der Waals surface area contributed by atoms with Crippen molar-refractivity contribution in [3.63, 3.8) is 0 Å². The van der Waals surface area contributed by atoms with Crippen molar-refractivity contribution >= 4 is 16.0 Å². The van der Waals surface area contributed by atoms with Gasteiger partial charge in [0.1, 0.15) is 0 Å². The lowest BCUT2D eigenvalue weighted by Crippen LogP contribution is -2.46. The van der Waals surface area contributed by atoms with E-state index in [1.807, 2.05) is 0 Å². The lowest BCUT2D eigenvalue weighted by atomic mass is 10.1. The Morgan fingerprint density at radius 1 is 0.560 bits per heavy atom. The summed E-state index contributed by atoms with van der Waals surface area (Å²) in [5, 5.41) is 13.2. The van der Waals surface area contributed by atoms with Crippen molar-refractivity contribution in [1.82, 2.24) is 5.32 Å². The highest BCUT2D eigenvalue weighted by Gasteiger charge is 2.24. The maximum atomic E-state index is 12.5. The molecule has 0 spiro atoms. The minimum atomic E-state index is -4.36. The number of aliphatic hydroxyl groups is 1. The summed E-state index contributed by atoms with van der Waals surface area (Å²) in [7, 11) is -4.36. The van der Waals surface area contributed by atoms with Crippen LogP contribution < -0.4 is 5.32 Å². The molecular weight excluding hydrogens is 643 g/mol. The number of aliphatic hydroxyl groups excluding tert-OH is 1. The van der Waals surface area contributed by atoms with Crippen molar-refractivity contribution in [3.8, 4) is 0 Å². The molecule has 1 amide bonds. The van der Waals surface area contributed by atoms with Crippen LogP contribution in [0.3, 0.4) is 0 Å². The Morgan fingerprint density at radius 2 is 0.980 bits per heavy atom. The second kappa shape index (κ2) is 36.3. The quantitative estimate of drug-likeness (QED) is 0.0349. The van der Waals surface area contributed by atoms with Crippen LogP contribution >= 0.6 is 0 Å². The molecule has 0 aliphatic heterocycles. The molecule has 0 fully saturated rings. The Hall–Kier alpha value is -2.48. The number of unbranched alkanes of at least 4 members (excludes halogenated alkanes) is 14. The molecule has 0 saturated heterocycles. The Bertz CT molecular complexity index is 1100. The molecular formula is C43H73NO5S. The first-order valence-corrected chi connectivity index (χ1v) is 21.4. The van der Waals surface area contributed by atoms with Crippen LogP contribution in [-0.4, -0.2) is 41.9 Å². The van der Waals surface area contributed by atoms with Crippen molar-refractivity contribution < 1.29 is 22.9 Å². The molecule has 0 aromatic carbocycles. The SMILES string of the molecule is CC/C=C\C/C=C\C/C=C\C/C=C\C/C=C\CCCCCCCCCC(=O)NC(CS(=O)(=O)O)C(O)/C=C/CC/C=C/CCCCCCCC. The van der Waals surface area contributed by atoms with Crippen LogP contribution in [0.1, 0.15) is 162 Å². The van der Waals surface area contributed by atoms with Gasteiger partial charge >= 0.3 is 0 Å². The fourth-order valence-electron chi connectivity index (χ4n) is 5.37. The Labute approximate surface area is 307 Å². The second-order valence-electron chi connectivity index (χ2n) is 13.2. The van der Waals surface area contributed by atoms with Gasteiger partial charge in [-0.25, -0.2) is 0 Å². The minimum Gasteiger partial charge on any atom is -0.387 e. The number of carbonyl (C=O) groups excluding carboxylic acids is 1. The van der Waals surface area contributed by atoms with Crippen molar-refractivity contribution in [2.75, 3.05) is 5.75 Å². The van der Waals surface area contributed by atoms with E-state index in [1.54, 1.807) is 6.08 Å². The molecule has 286 valence electrons. The Morgan fingerprint density at radius 3 is 1.50 bits per heavy atom. The van der Waals surface area contributed by atoms with E-state index in [2.05, 4.69) is 92.1 Å². The number of allylic oxidation sites excluding steroid dienone is 13. The Kier molecular flexibility index (Phi) is 34.5. The van der Waals surface area contributed by atoms with Gasteiger partial charge in [0, 0.05) is 6.42 Å². The molecule has 2 atom stereocenters. The van der Waals surface area contributed by atoms with E-state index in [1.165, 1.54) is 63.9 Å². The Balaban J connectivity index is 3.99. The molecule has 0 aromatic rings. The van der Waals surface area contributed by atoms with Crippen molar-refractivity contribution in [2.24, 2.45) is 0 Å². The molecule has 0 rings (SSSR count). The van der Waals surface area contributed by atoms with Gasteiger partial charge in [0.2, 0.25) is 5.91 Å². The zero-order valence-electron chi connectivity index (χ0n) is 31.7. The van der Waals surface area contributed by atoms with Crippen molar-refractivity contribution in [2.45, 2.75) is 174 Å². The smallest absolute Gasteiger partial charge is 0.267 e. The van der Waals surface area contributed by atoms with Gasteiger partial charge < -0.3 is 10.4 Å². The van der Waals surface area contributed by atoms with Gasteiger partial charge in [-0.2, -0.15) is 8.42 Å². The molecule has 0 saturated carbocycles. The fourth-order valence-corrected chi connectivity index (χ4v) is 6.11. The van der Waals surface area contributed by atoms with Crippen LogP contribution in [0.25, 0.3) is 0 Å². The predicted molar refractivity (Wildman–Crippen MR) is 216 cm³/mol. The van der Waals surface area contributed by atoms with E-state index in [0.717, 1.165) is 70.6 Å². The highest BCUT2D eigenvalue weighted by atomic mass is 32.2. The van der Waals surface area contributed by atoms with Gasteiger partial charge in [0.05, 0.1) is 17.9 Å².